The highest BCUT2D eigenvalue weighted by Crippen LogP contribution is 2.36. The van der Waals surface area contributed by atoms with Gasteiger partial charge in [0, 0.05) is 6.54 Å². The minimum absolute atomic E-state index is 0.0577. The zero-order valence-corrected chi connectivity index (χ0v) is 11.7. The quantitative estimate of drug-likeness (QED) is 0.851. The Kier molecular flexibility index (Phi) is 4.61. The number of hydrogen-bond acceptors (Lipinski definition) is 2. The van der Waals surface area contributed by atoms with Crippen molar-refractivity contribution >= 4 is 5.97 Å². The molecule has 1 aliphatic heterocycles. The number of rotatable bonds is 3. The topological polar surface area (TPSA) is 40.5 Å². The van der Waals surface area contributed by atoms with Gasteiger partial charge in [-0.15, -0.1) is 0 Å². The van der Waals surface area contributed by atoms with E-state index in [-0.39, 0.29) is 18.2 Å². The summed E-state index contributed by atoms with van der Waals surface area (Å²) in [4.78, 5) is 12.4. The lowest BCUT2D eigenvalue weighted by molar-refractivity contribution is -0.144. The first kappa shape index (κ1) is 17.6. The fourth-order valence-electron chi connectivity index (χ4n) is 2.64. The zero-order valence-electron chi connectivity index (χ0n) is 11.7. The van der Waals surface area contributed by atoms with Gasteiger partial charge in [-0.05, 0) is 43.1 Å². The van der Waals surface area contributed by atoms with Gasteiger partial charge in [0.1, 0.15) is 6.04 Å². The molecule has 0 aromatic heterocycles. The third kappa shape index (κ3) is 4.15. The molecule has 3 nitrogen and oxygen atoms in total. The average molecular weight is 341 g/mol. The molecule has 0 saturated carbocycles. The van der Waals surface area contributed by atoms with Crippen molar-refractivity contribution < 1.29 is 36.2 Å². The van der Waals surface area contributed by atoms with Crippen molar-refractivity contribution in [1.82, 2.24) is 4.90 Å². The third-order valence-corrected chi connectivity index (χ3v) is 3.68. The number of likely N-dealkylation sites (tertiary alicyclic amines) is 1. The number of benzene rings is 1. The van der Waals surface area contributed by atoms with E-state index in [0.717, 1.165) is 0 Å². The Balaban J connectivity index is 2.36. The van der Waals surface area contributed by atoms with Crippen molar-refractivity contribution in [3.63, 3.8) is 0 Å². The molecule has 2 rings (SSSR count). The van der Waals surface area contributed by atoms with Gasteiger partial charge in [-0.2, -0.15) is 26.3 Å². The standard InChI is InChI=1S/C14H13F6NO2/c15-13(16,17)9-4-8(5-10(6-9)14(18,19)20)7-21-3-1-2-11(21)12(22)23/h4-6,11H,1-3,7H2,(H,22,23)/t11-/m1/s1. The van der Waals surface area contributed by atoms with Gasteiger partial charge >= 0.3 is 18.3 Å². The molecular weight excluding hydrogens is 328 g/mol. The van der Waals surface area contributed by atoms with Gasteiger partial charge in [-0.3, -0.25) is 9.69 Å². The molecule has 1 aromatic rings. The number of carbonyl (C=O) groups is 1. The van der Waals surface area contributed by atoms with Crippen molar-refractivity contribution in [2.75, 3.05) is 6.54 Å². The van der Waals surface area contributed by atoms with E-state index in [1.165, 1.54) is 4.90 Å². The zero-order chi connectivity index (χ0) is 17.4. The lowest BCUT2D eigenvalue weighted by Crippen LogP contribution is -2.35. The summed E-state index contributed by atoms with van der Waals surface area (Å²) in [5.74, 6) is -1.13. The first-order valence-corrected chi connectivity index (χ1v) is 6.73. The van der Waals surface area contributed by atoms with E-state index in [1.54, 1.807) is 0 Å². The highest BCUT2D eigenvalue weighted by molar-refractivity contribution is 5.73. The maximum absolute atomic E-state index is 12.8. The summed E-state index contributed by atoms with van der Waals surface area (Å²) >= 11 is 0. The van der Waals surface area contributed by atoms with Crippen LogP contribution in [0.3, 0.4) is 0 Å². The summed E-state index contributed by atoms with van der Waals surface area (Å²) in [5, 5.41) is 9.03. The van der Waals surface area contributed by atoms with E-state index < -0.39 is 35.5 Å². The summed E-state index contributed by atoms with van der Waals surface area (Å²) in [6.07, 6.45) is -8.97. The third-order valence-electron chi connectivity index (χ3n) is 3.68. The van der Waals surface area contributed by atoms with Crippen molar-refractivity contribution in [2.24, 2.45) is 0 Å². The van der Waals surface area contributed by atoms with Crippen LogP contribution in [0.5, 0.6) is 0 Å². The minimum atomic E-state index is -4.91. The number of aliphatic carboxylic acids is 1. The average Bonchev–Trinajstić information content (AvgIpc) is 2.84. The molecule has 1 fully saturated rings. The largest absolute Gasteiger partial charge is 0.480 e. The maximum Gasteiger partial charge on any atom is 0.416 e. The maximum atomic E-state index is 12.8. The summed E-state index contributed by atoms with van der Waals surface area (Å²) < 4.78 is 76.7. The van der Waals surface area contributed by atoms with Crippen molar-refractivity contribution in [1.29, 1.82) is 0 Å². The van der Waals surface area contributed by atoms with Crippen LogP contribution >= 0.6 is 0 Å². The van der Waals surface area contributed by atoms with Crippen LogP contribution in [0.25, 0.3) is 0 Å². The van der Waals surface area contributed by atoms with E-state index in [4.69, 9.17) is 5.11 Å². The second kappa shape index (κ2) is 6.03. The summed E-state index contributed by atoms with van der Waals surface area (Å²) in [6, 6.07) is 0.431. The van der Waals surface area contributed by atoms with E-state index in [0.29, 0.717) is 31.5 Å². The Hall–Kier alpha value is -1.77. The number of carboxylic acids is 1. The van der Waals surface area contributed by atoms with Gasteiger partial charge in [0.25, 0.3) is 0 Å². The van der Waals surface area contributed by atoms with Crippen molar-refractivity contribution in [2.45, 2.75) is 37.8 Å². The highest BCUT2D eigenvalue weighted by Gasteiger charge is 2.37. The predicted octanol–water partition coefficient (Wildman–Crippen LogP) is 3.77. The summed E-state index contributed by atoms with van der Waals surface area (Å²) in [5.41, 5.74) is -3.00. The Labute approximate surface area is 127 Å². The van der Waals surface area contributed by atoms with Gasteiger partial charge in [-0.25, -0.2) is 0 Å². The Morgan fingerprint density at radius 1 is 1.09 bits per heavy atom. The number of carboxylic acid groups (broad SMARTS) is 1. The number of halogens is 6. The molecule has 128 valence electrons. The molecule has 0 aliphatic carbocycles. The fraction of sp³-hybridized carbons (Fsp3) is 0.500. The van der Waals surface area contributed by atoms with Crippen LogP contribution < -0.4 is 0 Å². The van der Waals surface area contributed by atoms with Gasteiger partial charge < -0.3 is 5.11 Å². The van der Waals surface area contributed by atoms with E-state index in [1.807, 2.05) is 0 Å². The second-order valence-electron chi connectivity index (χ2n) is 5.38. The fourth-order valence-corrected chi connectivity index (χ4v) is 2.64. The molecule has 1 atom stereocenters. The van der Waals surface area contributed by atoms with Crippen LogP contribution in [0.1, 0.15) is 29.5 Å². The molecule has 0 unspecified atom stereocenters. The van der Waals surface area contributed by atoms with Gasteiger partial charge in [0.05, 0.1) is 11.1 Å². The lowest BCUT2D eigenvalue weighted by atomic mass is 10.0. The van der Waals surface area contributed by atoms with Crippen molar-refractivity contribution in [3.8, 4) is 0 Å². The van der Waals surface area contributed by atoms with E-state index in [9.17, 15) is 31.1 Å². The first-order chi connectivity index (χ1) is 10.5. The normalized spacial score (nSPS) is 20.0. The van der Waals surface area contributed by atoms with Gasteiger partial charge in [-0.1, -0.05) is 0 Å². The van der Waals surface area contributed by atoms with Crippen LogP contribution in [0, 0.1) is 0 Å². The molecule has 0 spiro atoms. The van der Waals surface area contributed by atoms with Crippen LogP contribution in [0.15, 0.2) is 18.2 Å². The molecular formula is C14H13F6NO2. The number of alkyl halides is 6. The Morgan fingerprint density at radius 3 is 2.04 bits per heavy atom. The molecule has 1 N–H and O–H groups in total. The minimum Gasteiger partial charge on any atom is -0.480 e. The highest BCUT2D eigenvalue weighted by atomic mass is 19.4. The molecule has 0 amide bonds. The van der Waals surface area contributed by atoms with Gasteiger partial charge in [0.2, 0.25) is 0 Å². The Morgan fingerprint density at radius 2 is 1.61 bits per heavy atom. The molecule has 0 bridgehead atoms. The van der Waals surface area contributed by atoms with Gasteiger partial charge in [0.15, 0.2) is 0 Å². The van der Waals surface area contributed by atoms with Crippen molar-refractivity contribution in [3.05, 3.63) is 34.9 Å². The number of hydrogen-bond donors (Lipinski definition) is 1. The molecule has 0 radical (unpaired) electrons. The second-order valence-corrected chi connectivity index (χ2v) is 5.38. The molecule has 9 heteroatoms. The molecule has 1 saturated heterocycles. The molecule has 1 heterocycles. The number of nitrogens with zero attached hydrogens (tertiary/aromatic N) is 1. The van der Waals surface area contributed by atoms with Crippen LogP contribution in [0.4, 0.5) is 26.3 Å². The predicted molar refractivity (Wildman–Crippen MR) is 67.5 cm³/mol. The van der Waals surface area contributed by atoms with Crippen LogP contribution in [0.2, 0.25) is 0 Å². The monoisotopic (exact) mass is 341 g/mol. The molecule has 1 aliphatic rings. The van der Waals surface area contributed by atoms with E-state index >= 15 is 0 Å². The SMILES string of the molecule is O=C(O)[C@H]1CCCN1Cc1cc(C(F)(F)F)cc(C(F)(F)F)c1. The lowest BCUT2D eigenvalue weighted by Gasteiger charge is -2.22. The van der Waals surface area contributed by atoms with Crippen LogP contribution in [-0.2, 0) is 23.7 Å². The molecule has 1 aromatic carbocycles. The smallest absolute Gasteiger partial charge is 0.416 e. The Bertz CT molecular complexity index is 564. The summed E-state index contributed by atoms with van der Waals surface area (Å²) in [7, 11) is 0. The first-order valence-electron chi connectivity index (χ1n) is 6.73. The summed E-state index contributed by atoms with van der Waals surface area (Å²) in [6.45, 7) is 0.0402. The van der Waals surface area contributed by atoms with E-state index in [2.05, 4.69) is 0 Å². The molecule has 23 heavy (non-hydrogen) atoms. The van der Waals surface area contributed by atoms with Crippen LogP contribution in [-0.4, -0.2) is 28.6 Å².